The quantitative estimate of drug-likeness (QED) is 0.798. The first kappa shape index (κ1) is 19.8. The van der Waals surface area contributed by atoms with Crippen LogP contribution >= 0.6 is 0 Å². The molecule has 0 aliphatic carbocycles. The fourth-order valence-corrected chi connectivity index (χ4v) is 3.11. The van der Waals surface area contributed by atoms with Gasteiger partial charge >= 0.3 is 6.03 Å². The summed E-state index contributed by atoms with van der Waals surface area (Å²) >= 11 is 0. The van der Waals surface area contributed by atoms with Crippen molar-refractivity contribution in [1.29, 1.82) is 0 Å². The third kappa shape index (κ3) is 4.86. The van der Waals surface area contributed by atoms with Gasteiger partial charge in [-0.2, -0.15) is 0 Å². The molecule has 6 nitrogen and oxygen atoms in total. The standard InChI is InChI=1S/C21H25FN4O2/c1-24(2)12-13-25(15-16-4-3-5-18(22)14-16)20(27)17-6-8-19(9-7-17)26-11-10-23-21(26)28/h3-9,14H,10-13,15H2,1-2H3,(H,23,28). The highest BCUT2D eigenvalue weighted by Crippen LogP contribution is 2.19. The molecule has 1 aliphatic rings. The van der Waals surface area contributed by atoms with Crippen molar-refractivity contribution in [3.8, 4) is 0 Å². The van der Waals surface area contributed by atoms with Gasteiger partial charge in [0.15, 0.2) is 0 Å². The van der Waals surface area contributed by atoms with Crippen molar-refractivity contribution in [3.63, 3.8) is 0 Å². The summed E-state index contributed by atoms with van der Waals surface area (Å²) in [7, 11) is 3.89. The highest BCUT2D eigenvalue weighted by atomic mass is 19.1. The average molecular weight is 384 g/mol. The van der Waals surface area contributed by atoms with Gasteiger partial charge in [-0.05, 0) is 56.1 Å². The number of hydrogen-bond acceptors (Lipinski definition) is 3. The predicted octanol–water partition coefficient (Wildman–Crippen LogP) is 2.56. The first-order valence-corrected chi connectivity index (χ1v) is 9.28. The Hall–Kier alpha value is -2.93. The molecule has 148 valence electrons. The lowest BCUT2D eigenvalue weighted by molar-refractivity contribution is 0.0732. The lowest BCUT2D eigenvalue weighted by Crippen LogP contribution is -2.36. The van der Waals surface area contributed by atoms with E-state index in [1.54, 1.807) is 40.1 Å². The maximum atomic E-state index is 13.5. The summed E-state index contributed by atoms with van der Waals surface area (Å²) in [6.07, 6.45) is 0. The zero-order chi connectivity index (χ0) is 20.1. The van der Waals surface area contributed by atoms with Gasteiger partial charge in [0.1, 0.15) is 5.82 Å². The Morgan fingerprint density at radius 1 is 1.14 bits per heavy atom. The zero-order valence-corrected chi connectivity index (χ0v) is 16.2. The summed E-state index contributed by atoms with van der Waals surface area (Å²) in [4.78, 5) is 30.2. The van der Waals surface area contributed by atoms with Gasteiger partial charge in [-0.25, -0.2) is 9.18 Å². The smallest absolute Gasteiger partial charge is 0.321 e. The Morgan fingerprint density at radius 2 is 1.89 bits per heavy atom. The van der Waals surface area contributed by atoms with Gasteiger partial charge in [0.25, 0.3) is 5.91 Å². The molecular formula is C21H25FN4O2. The molecule has 1 aliphatic heterocycles. The Morgan fingerprint density at radius 3 is 2.50 bits per heavy atom. The molecule has 3 amide bonds. The third-order valence-corrected chi connectivity index (χ3v) is 4.65. The van der Waals surface area contributed by atoms with Crippen molar-refractivity contribution in [1.82, 2.24) is 15.1 Å². The van der Waals surface area contributed by atoms with Gasteiger partial charge in [-0.15, -0.1) is 0 Å². The number of carbonyl (C=O) groups excluding carboxylic acids is 2. The average Bonchev–Trinajstić information content (AvgIpc) is 3.10. The van der Waals surface area contributed by atoms with E-state index in [0.717, 1.165) is 11.3 Å². The highest BCUT2D eigenvalue weighted by Gasteiger charge is 2.22. The second-order valence-corrected chi connectivity index (χ2v) is 7.09. The number of likely N-dealkylation sites (N-methyl/N-ethyl adjacent to an activating group) is 1. The van der Waals surface area contributed by atoms with Crippen LogP contribution in [0.5, 0.6) is 0 Å². The van der Waals surface area contributed by atoms with Crippen LogP contribution in [0.2, 0.25) is 0 Å². The number of hydrogen-bond donors (Lipinski definition) is 1. The van der Waals surface area contributed by atoms with Gasteiger partial charge < -0.3 is 15.1 Å². The van der Waals surface area contributed by atoms with Crippen molar-refractivity contribution in [3.05, 3.63) is 65.5 Å². The fourth-order valence-electron chi connectivity index (χ4n) is 3.11. The van der Waals surface area contributed by atoms with E-state index in [4.69, 9.17) is 0 Å². The van der Waals surface area contributed by atoms with Crippen molar-refractivity contribution in [2.24, 2.45) is 0 Å². The van der Waals surface area contributed by atoms with E-state index in [2.05, 4.69) is 5.32 Å². The number of benzene rings is 2. The number of carbonyl (C=O) groups is 2. The van der Waals surface area contributed by atoms with E-state index in [9.17, 15) is 14.0 Å². The minimum Gasteiger partial charge on any atom is -0.336 e. The molecule has 0 radical (unpaired) electrons. The maximum absolute atomic E-state index is 13.5. The van der Waals surface area contributed by atoms with Crippen molar-refractivity contribution >= 4 is 17.6 Å². The molecule has 0 atom stereocenters. The third-order valence-electron chi connectivity index (χ3n) is 4.65. The predicted molar refractivity (Wildman–Crippen MR) is 107 cm³/mol. The largest absolute Gasteiger partial charge is 0.336 e. The second kappa shape index (κ2) is 8.84. The van der Waals surface area contributed by atoms with Gasteiger partial charge in [0.2, 0.25) is 0 Å². The van der Waals surface area contributed by atoms with E-state index in [-0.39, 0.29) is 17.8 Å². The van der Waals surface area contributed by atoms with Crippen molar-refractivity contribution in [2.45, 2.75) is 6.54 Å². The van der Waals surface area contributed by atoms with Crippen LogP contribution in [-0.4, -0.2) is 62.0 Å². The number of nitrogens with one attached hydrogen (secondary N) is 1. The Bertz CT molecular complexity index is 839. The fraction of sp³-hybridized carbons (Fsp3) is 0.333. The SMILES string of the molecule is CN(C)CCN(Cc1cccc(F)c1)C(=O)c1ccc(N2CCNC2=O)cc1. The summed E-state index contributed by atoms with van der Waals surface area (Å²) in [5.74, 6) is -0.436. The van der Waals surface area contributed by atoms with Crippen molar-refractivity contribution < 1.29 is 14.0 Å². The summed E-state index contributed by atoms with van der Waals surface area (Å²) < 4.78 is 13.5. The minimum absolute atomic E-state index is 0.122. The van der Waals surface area contributed by atoms with E-state index < -0.39 is 0 Å². The minimum atomic E-state index is -0.314. The lowest BCUT2D eigenvalue weighted by Gasteiger charge is -2.25. The number of anilines is 1. The summed E-state index contributed by atoms with van der Waals surface area (Å²) in [6.45, 7) is 2.79. The van der Waals surface area contributed by atoms with E-state index >= 15 is 0 Å². The molecule has 1 saturated heterocycles. The zero-order valence-electron chi connectivity index (χ0n) is 16.2. The van der Waals surface area contributed by atoms with E-state index in [1.807, 2.05) is 25.1 Å². The van der Waals surface area contributed by atoms with E-state index in [0.29, 0.717) is 38.3 Å². The maximum Gasteiger partial charge on any atom is 0.321 e. The van der Waals surface area contributed by atoms with Crippen LogP contribution in [0.25, 0.3) is 0 Å². The monoisotopic (exact) mass is 384 g/mol. The topological polar surface area (TPSA) is 55.9 Å². The van der Waals surface area contributed by atoms with Crippen LogP contribution in [0.4, 0.5) is 14.9 Å². The van der Waals surface area contributed by atoms with Gasteiger partial charge in [0, 0.05) is 44.0 Å². The number of urea groups is 1. The van der Waals surface area contributed by atoms with Crippen LogP contribution in [0.3, 0.4) is 0 Å². The summed E-state index contributed by atoms with van der Waals surface area (Å²) in [5.41, 5.74) is 2.05. The van der Waals surface area contributed by atoms with Crippen LogP contribution in [0, 0.1) is 5.82 Å². The molecule has 0 saturated carbocycles. The van der Waals surface area contributed by atoms with Gasteiger partial charge in [0.05, 0.1) is 0 Å². The molecular weight excluding hydrogens is 359 g/mol. The summed E-state index contributed by atoms with van der Waals surface area (Å²) in [5, 5.41) is 2.76. The Kier molecular flexibility index (Phi) is 6.26. The molecule has 7 heteroatoms. The Balaban J connectivity index is 1.76. The lowest BCUT2D eigenvalue weighted by atomic mass is 10.1. The Labute approximate surface area is 164 Å². The molecule has 1 fully saturated rings. The van der Waals surface area contributed by atoms with Crippen LogP contribution in [-0.2, 0) is 6.54 Å². The van der Waals surface area contributed by atoms with E-state index in [1.165, 1.54) is 12.1 Å². The molecule has 1 N–H and O–H groups in total. The van der Waals surface area contributed by atoms with Crippen molar-refractivity contribution in [2.75, 3.05) is 45.2 Å². The molecule has 0 unspecified atom stereocenters. The first-order chi connectivity index (χ1) is 13.4. The molecule has 3 rings (SSSR count). The van der Waals surface area contributed by atoms with Gasteiger partial charge in [-0.1, -0.05) is 12.1 Å². The first-order valence-electron chi connectivity index (χ1n) is 9.28. The number of amides is 3. The number of nitrogens with zero attached hydrogens (tertiary/aromatic N) is 3. The summed E-state index contributed by atoms with van der Waals surface area (Å²) in [6, 6.07) is 13.2. The molecule has 0 aromatic heterocycles. The number of halogens is 1. The van der Waals surface area contributed by atoms with Crippen LogP contribution in [0.15, 0.2) is 48.5 Å². The highest BCUT2D eigenvalue weighted by molar-refractivity contribution is 5.97. The number of rotatable bonds is 7. The molecule has 28 heavy (non-hydrogen) atoms. The molecule has 2 aromatic carbocycles. The molecule has 0 spiro atoms. The molecule has 0 bridgehead atoms. The molecule has 2 aromatic rings. The second-order valence-electron chi connectivity index (χ2n) is 7.09. The normalized spacial score (nSPS) is 13.7. The van der Waals surface area contributed by atoms with Crippen LogP contribution in [0.1, 0.15) is 15.9 Å². The van der Waals surface area contributed by atoms with Gasteiger partial charge in [-0.3, -0.25) is 9.69 Å². The van der Waals surface area contributed by atoms with Crippen LogP contribution < -0.4 is 10.2 Å². The molecule has 1 heterocycles.